The number of esters is 1. The van der Waals surface area contributed by atoms with Gasteiger partial charge in [-0.3, -0.25) is 9.59 Å². The van der Waals surface area contributed by atoms with E-state index in [1.54, 1.807) is 0 Å². The van der Waals surface area contributed by atoms with E-state index in [4.69, 9.17) is 4.74 Å². The van der Waals surface area contributed by atoms with E-state index in [-0.39, 0.29) is 24.9 Å². The van der Waals surface area contributed by atoms with Crippen LogP contribution < -0.4 is 5.32 Å². The fourth-order valence-electron chi connectivity index (χ4n) is 7.55. The molecule has 0 rings (SSSR count). The average Bonchev–Trinajstić information content (AvgIpc) is 3.20. The highest BCUT2D eigenvalue weighted by Crippen LogP contribution is 2.18. The molecule has 57 heavy (non-hydrogen) atoms. The number of hydrogen-bond acceptors (Lipinski definition) is 5. The molecule has 6 heteroatoms. The van der Waals surface area contributed by atoms with Crippen molar-refractivity contribution in [3.05, 3.63) is 36.5 Å². The number of nitrogens with one attached hydrogen (secondary N) is 1. The van der Waals surface area contributed by atoms with E-state index in [1.807, 2.05) is 12.2 Å². The molecule has 0 spiro atoms. The molecular formula is C51H95NO5. The number of ether oxygens (including phenoxy) is 1. The zero-order chi connectivity index (χ0) is 41.7. The summed E-state index contributed by atoms with van der Waals surface area (Å²) in [5, 5.41) is 23.7. The van der Waals surface area contributed by atoms with E-state index in [1.165, 1.54) is 135 Å². The third kappa shape index (κ3) is 40.6. The summed E-state index contributed by atoms with van der Waals surface area (Å²) in [7, 11) is 0. The molecule has 0 saturated carbocycles. The van der Waals surface area contributed by atoms with Gasteiger partial charge in [-0.15, -0.1) is 0 Å². The number of amides is 1. The number of hydrogen-bond donors (Lipinski definition) is 3. The molecule has 0 aliphatic rings. The van der Waals surface area contributed by atoms with Gasteiger partial charge in [0, 0.05) is 6.42 Å². The van der Waals surface area contributed by atoms with Crippen molar-refractivity contribution in [3.63, 3.8) is 0 Å². The molecule has 0 aliphatic heterocycles. The van der Waals surface area contributed by atoms with Gasteiger partial charge in [-0.1, -0.05) is 231 Å². The first-order valence-corrected chi connectivity index (χ1v) is 24.7. The Morgan fingerprint density at radius 1 is 0.526 bits per heavy atom. The van der Waals surface area contributed by atoms with Crippen LogP contribution in [0.1, 0.15) is 252 Å². The number of allylic oxidation sites excluding steroid dienone is 6. The van der Waals surface area contributed by atoms with Crippen molar-refractivity contribution in [2.75, 3.05) is 6.61 Å². The Labute approximate surface area is 353 Å². The second kappa shape index (κ2) is 45.2. The average molecular weight is 802 g/mol. The van der Waals surface area contributed by atoms with Crippen molar-refractivity contribution in [1.29, 1.82) is 0 Å². The van der Waals surface area contributed by atoms with E-state index < -0.39 is 18.2 Å². The summed E-state index contributed by atoms with van der Waals surface area (Å²) < 4.78 is 5.90. The lowest BCUT2D eigenvalue weighted by molar-refractivity contribution is -0.151. The minimum atomic E-state index is -0.793. The van der Waals surface area contributed by atoms with E-state index in [0.29, 0.717) is 19.3 Å². The Bertz CT molecular complexity index is 946. The topological polar surface area (TPSA) is 95.9 Å². The summed E-state index contributed by atoms with van der Waals surface area (Å²) in [5.41, 5.74) is 0. The maximum Gasteiger partial charge on any atom is 0.306 e. The van der Waals surface area contributed by atoms with Crippen molar-refractivity contribution < 1.29 is 24.5 Å². The number of carbonyl (C=O) groups excluding carboxylic acids is 2. The number of aliphatic hydroxyl groups excluding tert-OH is 2. The number of rotatable bonds is 44. The highest BCUT2D eigenvalue weighted by Gasteiger charge is 2.24. The van der Waals surface area contributed by atoms with Gasteiger partial charge in [0.2, 0.25) is 5.91 Å². The van der Waals surface area contributed by atoms with Gasteiger partial charge in [-0.2, -0.15) is 0 Å². The SMILES string of the molecule is CC/C=C/C=C/C=C\CCCCCC(CC(=O)NC(CO)C(O)CCCCCCCCCCCCCCC)OC(=O)CCCCCCCCCCCCCCCC. The monoisotopic (exact) mass is 802 g/mol. The highest BCUT2D eigenvalue weighted by atomic mass is 16.5. The molecule has 0 saturated heterocycles. The molecule has 3 atom stereocenters. The van der Waals surface area contributed by atoms with Crippen LogP contribution >= 0.6 is 0 Å². The molecule has 0 fully saturated rings. The van der Waals surface area contributed by atoms with Crippen molar-refractivity contribution in [3.8, 4) is 0 Å². The zero-order valence-corrected chi connectivity index (χ0v) is 38.0. The number of aliphatic hydroxyl groups is 2. The van der Waals surface area contributed by atoms with Gasteiger partial charge < -0.3 is 20.3 Å². The van der Waals surface area contributed by atoms with E-state index in [0.717, 1.165) is 70.6 Å². The van der Waals surface area contributed by atoms with Gasteiger partial charge in [-0.05, 0) is 44.9 Å². The predicted octanol–water partition coefficient (Wildman–Crippen LogP) is 14.5. The second-order valence-corrected chi connectivity index (χ2v) is 16.9. The maximum atomic E-state index is 13.2. The van der Waals surface area contributed by atoms with Gasteiger partial charge in [0.1, 0.15) is 6.10 Å². The molecule has 6 nitrogen and oxygen atoms in total. The Morgan fingerprint density at radius 2 is 0.947 bits per heavy atom. The summed E-state index contributed by atoms with van der Waals surface area (Å²) in [6.45, 7) is 6.34. The third-order valence-electron chi connectivity index (χ3n) is 11.3. The molecule has 3 N–H and O–H groups in total. The first-order valence-electron chi connectivity index (χ1n) is 24.7. The quantitative estimate of drug-likeness (QED) is 0.0324. The number of carbonyl (C=O) groups is 2. The molecular weight excluding hydrogens is 707 g/mol. The first kappa shape index (κ1) is 55.1. The molecule has 0 aromatic rings. The minimum Gasteiger partial charge on any atom is -0.462 e. The normalized spacial score (nSPS) is 13.6. The number of unbranched alkanes of at least 4 members (excludes halogenated alkanes) is 28. The molecule has 3 unspecified atom stereocenters. The molecule has 0 radical (unpaired) electrons. The van der Waals surface area contributed by atoms with Crippen molar-refractivity contribution in [1.82, 2.24) is 5.32 Å². The first-order chi connectivity index (χ1) is 28.0. The Hall–Kier alpha value is -1.92. The lowest BCUT2D eigenvalue weighted by Gasteiger charge is -2.24. The zero-order valence-electron chi connectivity index (χ0n) is 38.0. The molecule has 0 aromatic carbocycles. The lowest BCUT2D eigenvalue weighted by atomic mass is 10.0. The molecule has 334 valence electrons. The largest absolute Gasteiger partial charge is 0.462 e. The summed E-state index contributed by atoms with van der Waals surface area (Å²) in [6, 6.07) is -0.708. The lowest BCUT2D eigenvalue weighted by Crippen LogP contribution is -2.46. The fourth-order valence-corrected chi connectivity index (χ4v) is 7.55. The van der Waals surface area contributed by atoms with Crippen LogP contribution in [0.3, 0.4) is 0 Å². The maximum absolute atomic E-state index is 13.2. The molecule has 1 amide bonds. The summed E-state index contributed by atoms with van der Waals surface area (Å²) in [6.07, 6.45) is 52.1. The summed E-state index contributed by atoms with van der Waals surface area (Å²) in [4.78, 5) is 26.0. The van der Waals surface area contributed by atoms with Gasteiger partial charge in [0.25, 0.3) is 0 Å². The van der Waals surface area contributed by atoms with Crippen LogP contribution in [0.25, 0.3) is 0 Å². The predicted molar refractivity (Wildman–Crippen MR) is 246 cm³/mol. The minimum absolute atomic E-state index is 0.0580. The summed E-state index contributed by atoms with van der Waals surface area (Å²) >= 11 is 0. The molecule has 0 aliphatic carbocycles. The molecule has 0 bridgehead atoms. The van der Waals surface area contributed by atoms with E-state index in [2.05, 4.69) is 50.4 Å². The van der Waals surface area contributed by atoms with Gasteiger partial charge in [0.05, 0.1) is 25.2 Å². The molecule has 0 heterocycles. The third-order valence-corrected chi connectivity index (χ3v) is 11.3. The van der Waals surface area contributed by atoms with E-state index >= 15 is 0 Å². The Morgan fingerprint density at radius 3 is 1.42 bits per heavy atom. The van der Waals surface area contributed by atoms with Crippen LogP contribution in [0, 0.1) is 0 Å². The van der Waals surface area contributed by atoms with Crippen LogP contribution in [-0.4, -0.2) is 46.9 Å². The standard InChI is InChI=1S/C51H95NO5/c1-4-7-10-13-16-19-22-24-26-29-32-35-38-41-44-51(56)57-47(42-39-36-33-30-27-21-18-15-12-9-6-3)45-50(55)52-48(46-53)49(54)43-40-37-34-31-28-25-23-20-17-14-11-8-5-2/h9,12,15,18,21,27,47-49,53-54H,4-8,10-11,13-14,16-17,19-20,22-26,28-46H2,1-3H3,(H,52,55)/b12-9+,18-15+,27-21-. The Kier molecular flexibility index (Phi) is 43.6. The van der Waals surface area contributed by atoms with Crippen molar-refractivity contribution in [2.45, 2.75) is 270 Å². The van der Waals surface area contributed by atoms with Gasteiger partial charge in [0.15, 0.2) is 0 Å². The highest BCUT2D eigenvalue weighted by molar-refractivity contribution is 5.77. The van der Waals surface area contributed by atoms with Crippen LogP contribution in [0.2, 0.25) is 0 Å². The van der Waals surface area contributed by atoms with Crippen LogP contribution in [0.5, 0.6) is 0 Å². The van der Waals surface area contributed by atoms with Gasteiger partial charge >= 0.3 is 5.97 Å². The van der Waals surface area contributed by atoms with Gasteiger partial charge in [-0.25, -0.2) is 0 Å². The Balaban J connectivity index is 4.55. The molecule has 0 aromatic heterocycles. The second-order valence-electron chi connectivity index (χ2n) is 16.9. The fraction of sp³-hybridized carbons (Fsp3) is 0.843. The van der Waals surface area contributed by atoms with Crippen LogP contribution in [0.15, 0.2) is 36.5 Å². The van der Waals surface area contributed by atoms with Crippen molar-refractivity contribution >= 4 is 11.9 Å². The van der Waals surface area contributed by atoms with Crippen LogP contribution in [-0.2, 0) is 14.3 Å². The smallest absolute Gasteiger partial charge is 0.306 e. The van der Waals surface area contributed by atoms with Crippen molar-refractivity contribution in [2.24, 2.45) is 0 Å². The summed E-state index contributed by atoms with van der Waals surface area (Å²) in [5.74, 6) is -0.501. The van der Waals surface area contributed by atoms with Crippen LogP contribution in [0.4, 0.5) is 0 Å². The van der Waals surface area contributed by atoms with E-state index in [9.17, 15) is 19.8 Å².